The fourth-order valence-electron chi connectivity index (χ4n) is 1.70. The molecule has 0 aliphatic carbocycles. The maximum absolute atomic E-state index is 13.2. The highest BCUT2D eigenvalue weighted by molar-refractivity contribution is 9.08. The van der Waals surface area contributed by atoms with Gasteiger partial charge in [-0.1, -0.05) is 15.9 Å². The number of hydrogen-bond donors (Lipinski definition) is 0. The second kappa shape index (κ2) is 7.70. The normalized spacial score (nSPS) is 11.6. The van der Waals surface area contributed by atoms with Gasteiger partial charge in [-0.05, 0) is 12.5 Å². The highest BCUT2D eigenvalue weighted by Crippen LogP contribution is 2.35. The summed E-state index contributed by atoms with van der Waals surface area (Å²) in [6.45, 7) is 1.44. The van der Waals surface area contributed by atoms with Gasteiger partial charge in [0.05, 0.1) is 13.0 Å². The lowest BCUT2D eigenvalue weighted by Crippen LogP contribution is -2.21. The maximum atomic E-state index is 13.2. The van der Waals surface area contributed by atoms with Crippen molar-refractivity contribution in [1.82, 2.24) is 4.98 Å². The predicted octanol–water partition coefficient (Wildman–Crippen LogP) is 3.92. The molecule has 0 saturated heterocycles. The molecule has 0 aliphatic rings. The lowest BCUT2D eigenvalue weighted by Gasteiger charge is -2.17. The summed E-state index contributed by atoms with van der Waals surface area (Å²) < 4.78 is 71.6. The van der Waals surface area contributed by atoms with E-state index in [1.807, 2.05) is 0 Å². The Balaban J connectivity index is 3.37. The second-order valence-electron chi connectivity index (χ2n) is 3.94. The van der Waals surface area contributed by atoms with Crippen LogP contribution in [-0.2, 0) is 21.3 Å². The molecule has 0 unspecified atom stereocenters. The van der Waals surface area contributed by atoms with Crippen molar-refractivity contribution in [2.45, 2.75) is 31.5 Å². The van der Waals surface area contributed by atoms with Gasteiger partial charge in [0, 0.05) is 22.7 Å². The predicted molar refractivity (Wildman–Crippen MR) is 68.8 cm³/mol. The Morgan fingerprint density at radius 3 is 2.50 bits per heavy atom. The molecule has 4 nitrogen and oxygen atoms in total. The molecule has 1 aromatic rings. The number of carbonyl (C=O) groups excluding carboxylic acids is 1. The lowest BCUT2D eigenvalue weighted by molar-refractivity contribution is -0.276. The Bertz CT molecular complexity index is 536. The lowest BCUT2D eigenvalue weighted by atomic mass is 10.0. The molecular formula is C12H11BrF5NO3. The summed E-state index contributed by atoms with van der Waals surface area (Å²) in [5, 5.41) is -0.0677. The van der Waals surface area contributed by atoms with Gasteiger partial charge in [0.2, 0.25) is 5.88 Å². The van der Waals surface area contributed by atoms with Crippen molar-refractivity contribution in [3.63, 3.8) is 0 Å². The highest BCUT2D eigenvalue weighted by Gasteiger charge is 2.35. The van der Waals surface area contributed by atoms with E-state index < -0.39 is 42.2 Å². The molecule has 0 bridgehead atoms. The zero-order valence-corrected chi connectivity index (χ0v) is 12.8. The van der Waals surface area contributed by atoms with E-state index in [2.05, 4.69) is 30.4 Å². The topological polar surface area (TPSA) is 48.4 Å². The minimum atomic E-state index is -5.12. The number of carbonyl (C=O) groups is 1. The molecule has 0 radical (unpaired) electrons. The van der Waals surface area contributed by atoms with E-state index in [1.54, 1.807) is 0 Å². The monoisotopic (exact) mass is 391 g/mol. The van der Waals surface area contributed by atoms with Crippen molar-refractivity contribution < 1.29 is 36.2 Å². The zero-order chi connectivity index (χ0) is 16.9. The van der Waals surface area contributed by atoms with Crippen LogP contribution in [0, 0.1) is 0 Å². The zero-order valence-electron chi connectivity index (χ0n) is 11.2. The molecule has 1 rings (SSSR count). The Labute approximate surface area is 130 Å². The first kappa shape index (κ1) is 18.6. The third-order valence-corrected chi connectivity index (χ3v) is 3.07. The van der Waals surface area contributed by atoms with Gasteiger partial charge in [0.15, 0.2) is 0 Å². The van der Waals surface area contributed by atoms with E-state index in [1.165, 1.54) is 6.92 Å². The Morgan fingerprint density at radius 2 is 2.05 bits per heavy atom. The average Bonchev–Trinajstić information content (AvgIpc) is 2.38. The summed E-state index contributed by atoms with van der Waals surface area (Å²) in [5.74, 6) is -2.04. The quantitative estimate of drug-likeness (QED) is 0.419. The van der Waals surface area contributed by atoms with Crippen LogP contribution in [-0.4, -0.2) is 23.9 Å². The molecule has 124 valence electrons. The summed E-state index contributed by atoms with van der Waals surface area (Å²) >= 11 is 2.94. The van der Waals surface area contributed by atoms with Crippen molar-refractivity contribution in [2.24, 2.45) is 0 Å². The molecule has 1 heterocycles. The van der Waals surface area contributed by atoms with E-state index in [4.69, 9.17) is 0 Å². The number of nitrogens with zero attached hydrogens (tertiary/aromatic N) is 1. The van der Waals surface area contributed by atoms with Gasteiger partial charge in [-0.25, -0.2) is 13.8 Å². The van der Waals surface area contributed by atoms with E-state index in [0.29, 0.717) is 0 Å². The van der Waals surface area contributed by atoms with Crippen molar-refractivity contribution >= 4 is 21.9 Å². The van der Waals surface area contributed by atoms with Gasteiger partial charge < -0.3 is 9.47 Å². The molecule has 0 amide bonds. The van der Waals surface area contributed by atoms with Crippen molar-refractivity contribution in [3.05, 3.63) is 22.9 Å². The molecule has 0 saturated carbocycles. The molecule has 10 heteroatoms. The first-order valence-electron chi connectivity index (χ1n) is 5.95. The fourth-order valence-corrected chi connectivity index (χ4v) is 2.14. The van der Waals surface area contributed by atoms with Gasteiger partial charge in [-0.3, -0.25) is 4.79 Å². The largest absolute Gasteiger partial charge is 0.574 e. The number of pyridine rings is 1. The number of rotatable bonds is 6. The Morgan fingerprint density at radius 1 is 1.41 bits per heavy atom. The average molecular weight is 392 g/mol. The van der Waals surface area contributed by atoms with Gasteiger partial charge in [-0.2, -0.15) is 0 Å². The van der Waals surface area contributed by atoms with Crippen LogP contribution < -0.4 is 4.74 Å². The first-order chi connectivity index (χ1) is 10.2. The van der Waals surface area contributed by atoms with Crippen LogP contribution in [0.15, 0.2) is 6.20 Å². The third kappa shape index (κ3) is 5.08. The summed E-state index contributed by atoms with van der Waals surface area (Å²) in [5.41, 5.74) is -1.40. The standard InChI is InChI=1S/C12H11BrF5NO3/c1-2-21-8(20)3-7-9(10(14)15)6(4-13)5-19-11(7)22-12(16,17)18/h5,10H,2-4H2,1H3. The number of alkyl halides is 6. The van der Waals surface area contributed by atoms with Crippen LogP contribution in [0.3, 0.4) is 0 Å². The molecule has 1 aromatic heterocycles. The molecular weight excluding hydrogens is 381 g/mol. The van der Waals surface area contributed by atoms with Gasteiger partial charge in [0.1, 0.15) is 0 Å². The summed E-state index contributed by atoms with van der Waals surface area (Å²) in [4.78, 5) is 14.8. The van der Waals surface area contributed by atoms with E-state index in [9.17, 15) is 26.7 Å². The number of hydrogen-bond acceptors (Lipinski definition) is 4. The number of aromatic nitrogens is 1. The maximum Gasteiger partial charge on any atom is 0.574 e. The Kier molecular flexibility index (Phi) is 6.51. The highest BCUT2D eigenvalue weighted by atomic mass is 79.9. The van der Waals surface area contributed by atoms with E-state index >= 15 is 0 Å². The summed E-state index contributed by atoms with van der Waals surface area (Å²) in [6.07, 6.45) is -8.18. The Hall–Kier alpha value is -1.45. The van der Waals surface area contributed by atoms with Crippen LogP contribution in [0.2, 0.25) is 0 Å². The molecule has 0 aromatic carbocycles. The van der Waals surface area contributed by atoms with Gasteiger partial charge in [0.25, 0.3) is 6.43 Å². The molecule has 0 aliphatic heterocycles. The molecule has 0 fully saturated rings. The smallest absolute Gasteiger partial charge is 0.466 e. The van der Waals surface area contributed by atoms with E-state index in [-0.39, 0.29) is 17.5 Å². The first-order valence-corrected chi connectivity index (χ1v) is 7.07. The van der Waals surface area contributed by atoms with Crippen LogP contribution in [0.1, 0.15) is 30.0 Å². The van der Waals surface area contributed by atoms with E-state index in [0.717, 1.165) is 6.20 Å². The summed E-state index contributed by atoms with van der Waals surface area (Å²) in [6, 6.07) is 0. The van der Waals surface area contributed by atoms with Crippen LogP contribution in [0.5, 0.6) is 5.88 Å². The fraction of sp³-hybridized carbons (Fsp3) is 0.500. The molecule has 0 atom stereocenters. The third-order valence-electron chi connectivity index (χ3n) is 2.47. The second-order valence-corrected chi connectivity index (χ2v) is 4.51. The van der Waals surface area contributed by atoms with Crippen LogP contribution in [0.4, 0.5) is 22.0 Å². The minimum Gasteiger partial charge on any atom is -0.466 e. The van der Waals surface area contributed by atoms with Gasteiger partial charge in [-0.15, -0.1) is 13.2 Å². The van der Waals surface area contributed by atoms with Crippen molar-refractivity contribution in [3.8, 4) is 5.88 Å². The molecule has 22 heavy (non-hydrogen) atoms. The minimum absolute atomic E-state index is 0.0378. The van der Waals surface area contributed by atoms with Crippen molar-refractivity contribution in [2.75, 3.05) is 6.61 Å². The van der Waals surface area contributed by atoms with Crippen LogP contribution in [0.25, 0.3) is 0 Å². The molecule has 0 N–H and O–H groups in total. The van der Waals surface area contributed by atoms with Crippen LogP contribution >= 0.6 is 15.9 Å². The SMILES string of the molecule is CCOC(=O)Cc1c(OC(F)(F)F)ncc(CBr)c1C(F)F. The summed E-state index contributed by atoms with van der Waals surface area (Å²) in [7, 11) is 0. The van der Waals surface area contributed by atoms with Gasteiger partial charge >= 0.3 is 12.3 Å². The number of esters is 1. The number of ether oxygens (including phenoxy) is 2. The van der Waals surface area contributed by atoms with Crippen molar-refractivity contribution in [1.29, 1.82) is 0 Å². The molecule has 0 spiro atoms. The number of halogens is 6.